The molecule has 0 spiro atoms. The summed E-state index contributed by atoms with van der Waals surface area (Å²) in [6, 6.07) is -1.27. The van der Waals surface area contributed by atoms with Gasteiger partial charge >= 0.3 is 5.97 Å². The third kappa shape index (κ3) is 3.66. The second-order valence-electron chi connectivity index (χ2n) is 4.48. The van der Waals surface area contributed by atoms with E-state index in [0.29, 0.717) is 12.3 Å². The van der Waals surface area contributed by atoms with Gasteiger partial charge in [-0.2, -0.15) is 0 Å². The highest BCUT2D eigenvalue weighted by Crippen LogP contribution is 2.19. The molecule has 0 radical (unpaired) electrons. The van der Waals surface area contributed by atoms with E-state index < -0.39 is 18.0 Å². The quantitative estimate of drug-likeness (QED) is 0.713. The maximum absolute atomic E-state index is 11.0. The van der Waals surface area contributed by atoms with Crippen LogP contribution >= 0.6 is 0 Å². The van der Waals surface area contributed by atoms with E-state index in [1.807, 2.05) is 13.8 Å². The van der Waals surface area contributed by atoms with Gasteiger partial charge in [-0.15, -0.1) is 0 Å². The summed E-state index contributed by atoms with van der Waals surface area (Å²) in [5.74, 6) is -0.495. The van der Waals surface area contributed by atoms with Crippen molar-refractivity contribution in [1.82, 2.24) is 5.32 Å². The maximum Gasteiger partial charge on any atom is 0.320 e. The standard InChI is InChI=1S/C11H21NO2/c1-8(2)7-10(11(13)14)12-9-5-3-4-6-9/h8-10,12H,3-7H2,1-2H3,(H,13,14)/t10-/m0/s1/i9D. The molecule has 0 unspecified atom stereocenters. The maximum atomic E-state index is 11.0. The Labute approximate surface area is 87.3 Å². The third-order valence-corrected chi connectivity index (χ3v) is 2.59. The van der Waals surface area contributed by atoms with Crippen molar-refractivity contribution in [3.8, 4) is 0 Å². The highest BCUT2D eigenvalue weighted by molar-refractivity contribution is 5.73. The van der Waals surface area contributed by atoms with Crippen LogP contribution in [0, 0.1) is 5.92 Å². The first-order chi connectivity index (χ1) is 6.93. The van der Waals surface area contributed by atoms with Gasteiger partial charge < -0.3 is 10.4 Å². The molecule has 3 heteroatoms. The van der Waals surface area contributed by atoms with Crippen molar-refractivity contribution in [3.05, 3.63) is 0 Å². The zero-order valence-corrected chi connectivity index (χ0v) is 9.05. The number of hydrogen-bond donors (Lipinski definition) is 2. The van der Waals surface area contributed by atoms with Crippen LogP contribution in [0.3, 0.4) is 0 Å². The Balaban J connectivity index is 2.53. The monoisotopic (exact) mass is 200 g/mol. The van der Waals surface area contributed by atoms with Crippen LogP contribution in [0.4, 0.5) is 0 Å². The van der Waals surface area contributed by atoms with Crippen LogP contribution < -0.4 is 5.32 Å². The van der Waals surface area contributed by atoms with Crippen molar-refractivity contribution in [2.45, 2.75) is 58.0 Å². The van der Waals surface area contributed by atoms with Crippen LogP contribution in [0.2, 0.25) is 0 Å². The highest BCUT2D eigenvalue weighted by atomic mass is 16.4. The molecule has 14 heavy (non-hydrogen) atoms. The van der Waals surface area contributed by atoms with Crippen molar-refractivity contribution in [2.75, 3.05) is 0 Å². The van der Waals surface area contributed by atoms with E-state index >= 15 is 0 Å². The molecule has 0 saturated heterocycles. The Morgan fingerprint density at radius 1 is 1.57 bits per heavy atom. The molecule has 0 aliphatic heterocycles. The molecule has 1 aliphatic rings. The van der Waals surface area contributed by atoms with Crippen LogP contribution in [0.15, 0.2) is 0 Å². The largest absolute Gasteiger partial charge is 0.480 e. The lowest BCUT2D eigenvalue weighted by Gasteiger charge is -2.20. The van der Waals surface area contributed by atoms with E-state index in [4.69, 9.17) is 6.48 Å². The van der Waals surface area contributed by atoms with Gasteiger partial charge in [0.05, 0.1) is 0 Å². The van der Waals surface area contributed by atoms with Gasteiger partial charge in [-0.25, -0.2) is 0 Å². The van der Waals surface area contributed by atoms with Gasteiger partial charge in [0.1, 0.15) is 6.04 Å². The van der Waals surface area contributed by atoms with Crippen molar-refractivity contribution < 1.29 is 11.3 Å². The predicted octanol–water partition coefficient (Wildman–Crippen LogP) is 2.02. The lowest BCUT2D eigenvalue weighted by atomic mass is 10.0. The molecule has 82 valence electrons. The van der Waals surface area contributed by atoms with Gasteiger partial charge in [0.25, 0.3) is 0 Å². The average Bonchev–Trinajstić information content (AvgIpc) is 2.50. The lowest BCUT2D eigenvalue weighted by molar-refractivity contribution is -0.140. The normalized spacial score (nSPS) is 23.5. The summed E-state index contributed by atoms with van der Waals surface area (Å²) in [4.78, 5) is 11.0. The second kappa shape index (κ2) is 5.35. The molecule has 3 nitrogen and oxygen atoms in total. The van der Waals surface area contributed by atoms with Gasteiger partial charge in [-0.1, -0.05) is 26.7 Å². The van der Waals surface area contributed by atoms with Crippen LogP contribution in [0.25, 0.3) is 0 Å². The van der Waals surface area contributed by atoms with Crippen molar-refractivity contribution in [3.63, 3.8) is 0 Å². The molecule has 2 N–H and O–H groups in total. The summed E-state index contributed by atoms with van der Waals surface area (Å²) in [7, 11) is 0. The fraction of sp³-hybridized carbons (Fsp3) is 0.909. The van der Waals surface area contributed by atoms with Gasteiger partial charge in [0.2, 0.25) is 0 Å². The third-order valence-electron chi connectivity index (χ3n) is 2.59. The first kappa shape index (κ1) is 9.97. The van der Waals surface area contributed by atoms with Crippen LogP contribution in [-0.2, 0) is 4.79 Å². The fourth-order valence-corrected chi connectivity index (χ4v) is 1.89. The summed E-state index contributed by atoms with van der Waals surface area (Å²) in [5, 5.41) is 12.0. The second-order valence-corrected chi connectivity index (χ2v) is 4.48. The first-order valence-electron chi connectivity index (χ1n) is 5.93. The van der Waals surface area contributed by atoms with Gasteiger partial charge in [0, 0.05) is 7.39 Å². The summed E-state index contributed by atoms with van der Waals surface area (Å²) in [5.41, 5.74) is 0. The van der Waals surface area contributed by atoms with E-state index in [1.54, 1.807) is 0 Å². The zero-order valence-electron chi connectivity index (χ0n) is 10.0. The number of rotatable bonds is 5. The first-order valence-corrected chi connectivity index (χ1v) is 5.43. The van der Waals surface area contributed by atoms with Gasteiger partial charge in [-0.05, 0) is 25.2 Å². The Bertz CT molecular complexity index is 225. The number of carboxylic acids is 1. The Morgan fingerprint density at radius 2 is 2.14 bits per heavy atom. The molecule has 1 aliphatic carbocycles. The molecule has 0 bridgehead atoms. The Hall–Kier alpha value is -0.570. The molecule has 0 heterocycles. The van der Waals surface area contributed by atoms with Gasteiger partial charge in [0.15, 0.2) is 0 Å². The summed E-state index contributed by atoms with van der Waals surface area (Å²) in [6.07, 6.45) is 4.20. The van der Waals surface area contributed by atoms with Crippen molar-refractivity contribution in [2.24, 2.45) is 5.92 Å². The van der Waals surface area contributed by atoms with Gasteiger partial charge in [-0.3, -0.25) is 4.79 Å². The van der Waals surface area contributed by atoms with E-state index in [-0.39, 0.29) is 0 Å². The predicted molar refractivity (Wildman–Crippen MR) is 56.3 cm³/mol. The lowest BCUT2D eigenvalue weighted by Crippen LogP contribution is -2.42. The Morgan fingerprint density at radius 3 is 2.57 bits per heavy atom. The van der Waals surface area contributed by atoms with Crippen LogP contribution in [0.1, 0.15) is 47.3 Å². The van der Waals surface area contributed by atoms with Crippen molar-refractivity contribution >= 4 is 5.97 Å². The highest BCUT2D eigenvalue weighted by Gasteiger charge is 2.24. The zero-order chi connectivity index (χ0) is 11.5. The summed E-state index contributed by atoms with van der Waals surface area (Å²) in [6.45, 7) is 4.01. The Kier molecular flexibility index (Phi) is 3.80. The minimum absolute atomic E-state index is 0.337. The van der Waals surface area contributed by atoms with E-state index in [2.05, 4.69) is 5.32 Å². The SMILES string of the molecule is [2H]C1(N[C@@H](CC(C)C)C(=O)O)CCCC1. The van der Waals surface area contributed by atoms with Crippen LogP contribution in [0.5, 0.6) is 0 Å². The summed E-state index contributed by atoms with van der Waals surface area (Å²) < 4.78 is 8.07. The number of carboxylic acid groups (broad SMARTS) is 1. The number of carbonyl (C=O) groups is 1. The molecular formula is C11H21NO2. The molecule has 0 aromatic carbocycles. The minimum atomic E-state index is -0.831. The molecule has 1 saturated carbocycles. The van der Waals surface area contributed by atoms with E-state index in [9.17, 15) is 4.79 Å². The smallest absolute Gasteiger partial charge is 0.320 e. The van der Waals surface area contributed by atoms with E-state index in [1.165, 1.54) is 0 Å². The molecular weight excluding hydrogens is 178 g/mol. The van der Waals surface area contributed by atoms with Crippen LogP contribution in [-0.4, -0.2) is 23.1 Å². The molecule has 1 atom stereocenters. The van der Waals surface area contributed by atoms with Crippen molar-refractivity contribution in [1.29, 1.82) is 0 Å². The molecule has 0 aromatic rings. The molecule has 1 rings (SSSR count). The fourth-order valence-electron chi connectivity index (χ4n) is 1.89. The summed E-state index contributed by atoms with van der Waals surface area (Å²) >= 11 is 0. The van der Waals surface area contributed by atoms with E-state index in [0.717, 1.165) is 25.7 Å². The molecule has 1 fully saturated rings. The molecule has 0 aromatic heterocycles. The minimum Gasteiger partial charge on any atom is -0.480 e. The topological polar surface area (TPSA) is 49.3 Å². The number of nitrogens with one attached hydrogen (secondary N) is 1. The number of hydrogen-bond acceptors (Lipinski definition) is 2. The number of aliphatic carboxylic acids is 1. The average molecular weight is 200 g/mol. The molecule has 0 amide bonds.